The summed E-state index contributed by atoms with van der Waals surface area (Å²) in [4.78, 5) is 11.9. The predicted molar refractivity (Wildman–Crippen MR) is 86.4 cm³/mol. The second kappa shape index (κ2) is 7.34. The third-order valence-electron chi connectivity index (χ3n) is 2.89. The molecule has 0 saturated carbocycles. The van der Waals surface area contributed by atoms with E-state index in [0.717, 1.165) is 11.3 Å². The van der Waals surface area contributed by atoms with Crippen LogP contribution in [0.2, 0.25) is 10.0 Å². The van der Waals surface area contributed by atoms with Crippen LogP contribution in [0.5, 0.6) is 5.75 Å². The molecular formula is C16H15Cl2NO2. The van der Waals surface area contributed by atoms with Crippen molar-refractivity contribution >= 4 is 34.8 Å². The summed E-state index contributed by atoms with van der Waals surface area (Å²) >= 11 is 11.7. The molecule has 2 aromatic rings. The van der Waals surface area contributed by atoms with Gasteiger partial charge in [-0.05, 0) is 48.9 Å². The van der Waals surface area contributed by atoms with Crippen LogP contribution in [0.15, 0.2) is 42.5 Å². The molecule has 0 spiro atoms. The highest BCUT2D eigenvalue weighted by Gasteiger charge is 2.06. The van der Waals surface area contributed by atoms with Crippen molar-refractivity contribution in [3.63, 3.8) is 0 Å². The van der Waals surface area contributed by atoms with Gasteiger partial charge in [-0.1, -0.05) is 29.3 Å². The largest absolute Gasteiger partial charge is 0.493 e. The number of nitrogens with one attached hydrogen (secondary N) is 1. The van der Waals surface area contributed by atoms with Crippen LogP contribution in [0.1, 0.15) is 12.0 Å². The zero-order chi connectivity index (χ0) is 15.2. The number of ether oxygens (including phenoxy) is 1. The molecule has 3 nitrogen and oxygen atoms in total. The third kappa shape index (κ3) is 4.96. The van der Waals surface area contributed by atoms with Crippen LogP contribution >= 0.6 is 23.2 Å². The van der Waals surface area contributed by atoms with Crippen molar-refractivity contribution in [1.29, 1.82) is 0 Å². The highest BCUT2D eigenvalue weighted by molar-refractivity contribution is 6.31. The Morgan fingerprint density at radius 3 is 2.48 bits per heavy atom. The van der Waals surface area contributed by atoms with Crippen LogP contribution in [0.25, 0.3) is 0 Å². The van der Waals surface area contributed by atoms with Crippen molar-refractivity contribution in [2.75, 3.05) is 11.9 Å². The molecule has 0 atom stereocenters. The quantitative estimate of drug-likeness (QED) is 0.865. The van der Waals surface area contributed by atoms with E-state index >= 15 is 0 Å². The average Bonchev–Trinajstić information content (AvgIpc) is 2.45. The second-order valence-electron chi connectivity index (χ2n) is 4.56. The molecule has 0 bridgehead atoms. The van der Waals surface area contributed by atoms with Crippen molar-refractivity contribution in [2.45, 2.75) is 13.3 Å². The van der Waals surface area contributed by atoms with E-state index in [9.17, 15) is 4.79 Å². The van der Waals surface area contributed by atoms with Gasteiger partial charge in [0.2, 0.25) is 5.91 Å². The third-order valence-corrected chi connectivity index (χ3v) is 3.37. The highest BCUT2D eigenvalue weighted by atomic mass is 35.5. The van der Waals surface area contributed by atoms with Crippen LogP contribution in [0.3, 0.4) is 0 Å². The number of benzene rings is 2. The van der Waals surface area contributed by atoms with Crippen LogP contribution in [0.4, 0.5) is 5.69 Å². The highest BCUT2D eigenvalue weighted by Crippen LogP contribution is 2.20. The fourth-order valence-corrected chi connectivity index (χ4v) is 2.03. The maximum absolute atomic E-state index is 11.9. The first-order chi connectivity index (χ1) is 10.0. The maximum Gasteiger partial charge on any atom is 0.227 e. The number of carbonyl (C=O) groups excluding carboxylic acids is 1. The minimum Gasteiger partial charge on any atom is -0.493 e. The Bertz CT molecular complexity index is 627. The standard InChI is InChI=1S/C16H15Cl2NO2/c1-11-2-3-13(18)10-15(11)19-16(20)8-9-21-14-6-4-12(17)5-7-14/h2-7,10H,8-9H2,1H3,(H,19,20). The van der Waals surface area contributed by atoms with Gasteiger partial charge in [-0.15, -0.1) is 0 Å². The van der Waals surface area contributed by atoms with Crippen molar-refractivity contribution < 1.29 is 9.53 Å². The monoisotopic (exact) mass is 323 g/mol. The first kappa shape index (κ1) is 15.7. The van der Waals surface area contributed by atoms with Gasteiger partial charge in [0.15, 0.2) is 0 Å². The molecule has 0 aliphatic rings. The fourth-order valence-electron chi connectivity index (χ4n) is 1.73. The first-order valence-electron chi connectivity index (χ1n) is 6.49. The summed E-state index contributed by atoms with van der Waals surface area (Å²) < 4.78 is 5.48. The number of rotatable bonds is 5. The van der Waals surface area contributed by atoms with E-state index in [1.807, 2.05) is 13.0 Å². The van der Waals surface area contributed by atoms with Gasteiger partial charge in [0, 0.05) is 15.7 Å². The van der Waals surface area contributed by atoms with E-state index in [0.29, 0.717) is 22.4 Å². The van der Waals surface area contributed by atoms with Gasteiger partial charge >= 0.3 is 0 Å². The van der Waals surface area contributed by atoms with E-state index in [1.165, 1.54) is 0 Å². The molecule has 0 fully saturated rings. The topological polar surface area (TPSA) is 38.3 Å². The zero-order valence-corrected chi connectivity index (χ0v) is 13.0. The second-order valence-corrected chi connectivity index (χ2v) is 5.43. The van der Waals surface area contributed by atoms with Gasteiger partial charge in [-0.2, -0.15) is 0 Å². The molecule has 1 N–H and O–H groups in total. The van der Waals surface area contributed by atoms with E-state index in [1.54, 1.807) is 36.4 Å². The molecule has 0 aliphatic heterocycles. The minimum absolute atomic E-state index is 0.116. The smallest absolute Gasteiger partial charge is 0.227 e. The van der Waals surface area contributed by atoms with Crippen LogP contribution in [-0.2, 0) is 4.79 Å². The number of amides is 1. The van der Waals surface area contributed by atoms with Gasteiger partial charge in [0.1, 0.15) is 5.75 Å². The molecule has 5 heteroatoms. The molecule has 21 heavy (non-hydrogen) atoms. The van der Waals surface area contributed by atoms with Crippen molar-refractivity contribution in [3.8, 4) is 5.75 Å². The molecule has 2 aromatic carbocycles. The van der Waals surface area contributed by atoms with Crippen molar-refractivity contribution in [1.82, 2.24) is 0 Å². The first-order valence-corrected chi connectivity index (χ1v) is 7.24. The van der Waals surface area contributed by atoms with Crippen molar-refractivity contribution in [3.05, 3.63) is 58.1 Å². The molecule has 0 aliphatic carbocycles. The van der Waals surface area contributed by atoms with Gasteiger partial charge < -0.3 is 10.1 Å². The van der Waals surface area contributed by atoms with Crippen LogP contribution in [-0.4, -0.2) is 12.5 Å². The summed E-state index contributed by atoms with van der Waals surface area (Å²) in [5.41, 5.74) is 1.69. The summed E-state index contributed by atoms with van der Waals surface area (Å²) in [6, 6.07) is 12.4. The number of carbonyl (C=O) groups is 1. The Labute approximate surface area is 133 Å². The molecule has 0 aromatic heterocycles. The van der Waals surface area contributed by atoms with E-state index in [2.05, 4.69) is 5.32 Å². The molecule has 110 valence electrons. The Morgan fingerprint density at radius 2 is 1.76 bits per heavy atom. The van der Waals surface area contributed by atoms with Crippen molar-refractivity contribution in [2.24, 2.45) is 0 Å². The molecule has 2 rings (SSSR count). The normalized spacial score (nSPS) is 10.2. The van der Waals surface area contributed by atoms with Crippen LogP contribution < -0.4 is 10.1 Å². The summed E-state index contributed by atoms with van der Waals surface area (Å²) in [6.45, 7) is 2.21. The van der Waals surface area contributed by atoms with E-state index < -0.39 is 0 Å². The molecule has 1 amide bonds. The maximum atomic E-state index is 11.9. The summed E-state index contributed by atoms with van der Waals surface area (Å²) in [5, 5.41) is 4.06. The number of anilines is 1. The molecule has 0 radical (unpaired) electrons. The summed E-state index contributed by atoms with van der Waals surface area (Å²) in [5.74, 6) is 0.570. The fraction of sp³-hybridized carbons (Fsp3) is 0.188. The Kier molecular flexibility index (Phi) is 5.48. The SMILES string of the molecule is Cc1ccc(Cl)cc1NC(=O)CCOc1ccc(Cl)cc1. The predicted octanol–water partition coefficient (Wildman–Crippen LogP) is 4.71. The van der Waals surface area contributed by atoms with Gasteiger partial charge in [0.25, 0.3) is 0 Å². The Balaban J connectivity index is 1.82. The zero-order valence-electron chi connectivity index (χ0n) is 11.5. The lowest BCUT2D eigenvalue weighted by Crippen LogP contribution is -2.15. The van der Waals surface area contributed by atoms with Gasteiger partial charge in [-0.25, -0.2) is 0 Å². The average molecular weight is 324 g/mol. The number of hydrogen-bond acceptors (Lipinski definition) is 2. The summed E-state index contributed by atoms with van der Waals surface area (Å²) in [6.07, 6.45) is 0.259. The Hall–Kier alpha value is -1.71. The van der Waals surface area contributed by atoms with Gasteiger partial charge in [0.05, 0.1) is 13.0 Å². The van der Waals surface area contributed by atoms with E-state index in [-0.39, 0.29) is 12.3 Å². The number of aryl methyl sites for hydroxylation is 1. The Morgan fingerprint density at radius 1 is 1.10 bits per heavy atom. The van der Waals surface area contributed by atoms with Gasteiger partial charge in [-0.3, -0.25) is 4.79 Å². The molecule has 0 unspecified atom stereocenters. The lowest BCUT2D eigenvalue weighted by atomic mass is 10.2. The number of halogens is 2. The van der Waals surface area contributed by atoms with E-state index in [4.69, 9.17) is 27.9 Å². The minimum atomic E-state index is -0.116. The lowest BCUT2D eigenvalue weighted by Gasteiger charge is -2.09. The summed E-state index contributed by atoms with van der Waals surface area (Å²) in [7, 11) is 0. The van der Waals surface area contributed by atoms with Crippen LogP contribution in [0, 0.1) is 6.92 Å². The molecule has 0 saturated heterocycles. The molecular weight excluding hydrogens is 309 g/mol. The lowest BCUT2D eigenvalue weighted by molar-refractivity contribution is -0.116. The molecule has 0 heterocycles. The number of hydrogen-bond donors (Lipinski definition) is 1.